The molecule has 0 saturated heterocycles. The number of hydrogen-bond donors (Lipinski definition) is 1. The summed E-state index contributed by atoms with van der Waals surface area (Å²) in [4.78, 5) is 9.84. The van der Waals surface area contributed by atoms with Crippen LogP contribution in [0.25, 0.3) is 0 Å². The Labute approximate surface area is 45.2 Å². The Balaban J connectivity index is 2.35. The molecule has 1 aliphatic rings. The van der Waals surface area contributed by atoms with E-state index in [2.05, 4.69) is 10.5 Å². The van der Waals surface area contributed by atoms with Crippen LogP contribution in [0.3, 0.4) is 0 Å². The van der Waals surface area contributed by atoms with Crippen LogP contribution in [0.2, 0.25) is 0 Å². The van der Waals surface area contributed by atoms with E-state index in [1.807, 2.05) is 0 Å². The number of aldehydes is 1. The molecule has 1 aliphatic heterocycles. The minimum Gasteiger partial charge on any atom is -0.300 e. The van der Waals surface area contributed by atoms with Crippen LogP contribution in [0.15, 0.2) is 5.10 Å². The summed E-state index contributed by atoms with van der Waals surface area (Å²) in [5.41, 5.74) is 4.18. The van der Waals surface area contributed by atoms with Crippen LogP contribution < -0.4 is 5.43 Å². The van der Waals surface area contributed by atoms with Crippen LogP contribution in [-0.4, -0.2) is 17.2 Å². The fourth-order valence-corrected chi connectivity index (χ4v) is 0.732. The zero-order valence-electron chi connectivity index (χ0n) is 3.50. The number of thioether (sulfide) groups is 1. The van der Waals surface area contributed by atoms with E-state index in [0.717, 1.165) is 6.29 Å². The van der Waals surface area contributed by atoms with Crippen LogP contribution in [0, 0.1) is 0 Å². The number of carbonyl (C=O) groups excluding carboxylic acids is 1. The maximum absolute atomic E-state index is 9.84. The maximum Gasteiger partial charge on any atom is 0.154 e. The summed E-state index contributed by atoms with van der Waals surface area (Å²) >= 11 is 1.37. The molecule has 38 valence electrons. The van der Waals surface area contributed by atoms with Gasteiger partial charge in [0, 0.05) is 0 Å². The third kappa shape index (κ3) is 0.928. The molecular weight excluding hydrogens is 112 g/mol. The normalized spacial score (nSPS) is 27.1. The van der Waals surface area contributed by atoms with Crippen molar-refractivity contribution in [2.75, 3.05) is 0 Å². The van der Waals surface area contributed by atoms with Gasteiger partial charge in [-0.25, -0.2) is 0 Å². The summed E-state index contributed by atoms with van der Waals surface area (Å²) in [6.07, 6.45) is 0.817. The van der Waals surface area contributed by atoms with Crippen molar-refractivity contribution < 1.29 is 4.79 Å². The van der Waals surface area contributed by atoms with Gasteiger partial charge in [0.1, 0.15) is 5.37 Å². The lowest BCUT2D eigenvalue weighted by atomic mass is 10.8. The molecule has 1 rings (SSSR count). The third-order valence-electron chi connectivity index (χ3n) is 0.586. The van der Waals surface area contributed by atoms with Crippen molar-refractivity contribution in [2.24, 2.45) is 5.10 Å². The Morgan fingerprint density at radius 1 is 2.00 bits per heavy atom. The minimum absolute atomic E-state index is 0.139. The first-order valence-corrected chi connectivity index (χ1v) is 2.75. The molecule has 0 aromatic carbocycles. The van der Waals surface area contributed by atoms with Crippen LogP contribution in [0.1, 0.15) is 0 Å². The number of hydrogen-bond acceptors (Lipinski definition) is 4. The molecule has 0 aromatic rings. The molecular formula is C3H4N2OS. The van der Waals surface area contributed by atoms with E-state index in [0.29, 0.717) is 0 Å². The molecule has 0 radical (unpaired) electrons. The average molecular weight is 116 g/mol. The zero-order chi connectivity index (χ0) is 5.11. The topological polar surface area (TPSA) is 41.5 Å². The predicted octanol–water partition coefficient (Wildman–Crippen LogP) is -0.209. The van der Waals surface area contributed by atoms with Gasteiger partial charge in [0.25, 0.3) is 0 Å². The van der Waals surface area contributed by atoms with Gasteiger partial charge in [0.05, 0.1) is 5.55 Å². The highest BCUT2D eigenvalue weighted by atomic mass is 32.2. The van der Waals surface area contributed by atoms with Gasteiger partial charge in [0.2, 0.25) is 0 Å². The van der Waals surface area contributed by atoms with Crippen molar-refractivity contribution in [2.45, 2.75) is 5.37 Å². The van der Waals surface area contributed by atoms with Crippen LogP contribution in [0.4, 0.5) is 0 Å². The Morgan fingerprint density at radius 3 is 3.14 bits per heavy atom. The molecule has 0 fully saturated rings. The molecule has 0 bridgehead atoms. The number of rotatable bonds is 1. The Bertz CT molecular complexity index is 95.1. The monoisotopic (exact) mass is 116 g/mol. The van der Waals surface area contributed by atoms with Crippen molar-refractivity contribution in [3.8, 4) is 0 Å². The molecule has 0 amide bonds. The number of carbonyl (C=O) groups is 1. The van der Waals surface area contributed by atoms with Crippen molar-refractivity contribution in [1.82, 2.24) is 5.43 Å². The highest BCUT2D eigenvalue weighted by molar-refractivity contribution is 8.13. The van der Waals surface area contributed by atoms with Gasteiger partial charge in [-0.3, -0.25) is 5.43 Å². The minimum atomic E-state index is -0.139. The largest absolute Gasteiger partial charge is 0.300 e. The van der Waals surface area contributed by atoms with Gasteiger partial charge in [-0.05, 0) is 0 Å². The molecule has 0 saturated carbocycles. The van der Waals surface area contributed by atoms with Gasteiger partial charge in [-0.1, -0.05) is 11.8 Å². The summed E-state index contributed by atoms with van der Waals surface area (Å²) in [6, 6.07) is 0. The van der Waals surface area contributed by atoms with Crippen LogP contribution in [-0.2, 0) is 4.79 Å². The number of hydrazone groups is 1. The lowest BCUT2D eigenvalue weighted by Gasteiger charge is -1.92. The second-order valence-electron chi connectivity index (χ2n) is 1.06. The summed E-state index contributed by atoms with van der Waals surface area (Å²) in [6.45, 7) is 0. The van der Waals surface area contributed by atoms with Crippen molar-refractivity contribution in [3.05, 3.63) is 0 Å². The van der Waals surface area contributed by atoms with Gasteiger partial charge >= 0.3 is 0 Å². The van der Waals surface area contributed by atoms with E-state index in [1.165, 1.54) is 11.8 Å². The molecule has 1 unspecified atom stereocenters. The molecule has 0 aliphatic carbocycles. The number of nitrogens with one attached hydrogen (secondary N) is 1. The van der Waals surface area contributed by atoms with Gasteiger partial charge in [-0.15, -0.1) is 0 Å². The Hall–Kier alpha value is -0.510. The lowest BCUT2D eigenvalue weighted by Crippen LogP contribution is -2.16. The predicted molar refractivity (Wildman–Crippen MR) is 29.1 cm³/mol. The second-order valence-corrected chi connectivity index (χ2v) is 2.05. The molecule has 3 nitrogen and oxygen atoms in total. The average Bonchev–Trinajstić information content (AvgIpc) is 2.14. The van der Waals surface area contributed by atoms with Crippen molar-refractivity contribution in [1.29, 1.82) is 0 Å². The summed E-state index contributed by atoms with van der Waals surface area (Å²) in [5.74, 6) is 0. The molecule has 1 heterocycles. The highest BCUT2D eigenvalue weighted by Gasteiger charge is 2.06. The summed E-state index contributed by atoms with van der Waals surface area (Å²) in [7, 11) is 0. The van der Waals surface area contributed by atoms with E-state index in [-0.39, 0.29) is 5.37 Å². The summed E-state index contributed by atoms with van der Waals surface area (Å²) in [5, 5.41) is 3.45. The molecule has 7 heavy (non-hydrogen) atoms. The first-order chi connectivity index (χ1) is 3.43. The van der Waals surface area contributed by atoms with E-state index in [4.69, 9.17) is 0 Å². The van der Waals surface area contributed by atoms with Crippen molar-refractivity contribution in [3.63, 3.8) is 0 Å². The molecule has 4 heteroatoms. The zero-order valence-corrected chi connectivity index (χ0v) is 4.31. The standard InChI is InChI=1S/C3H4N2OS/c6-1-3-5-4-2-7-3/h1-3,5H. The van der Waals surface area contributed by atoms with Gasteiger partial charge in [-0.2, -0.15) is 5.10 Å². The Morgan fingerprint density at radius 2 is 2.86 bits per heavy atom. The molecule has 0 spiro atoms. The number of nitrogens with zero attached hydrogens (tertiary/aromatic N) is 1. The van der Waals surface area contributed by atoms with Crippen molar-refractivity contribution >= 4 is 23.6 Å². The first kappa shape index (κ1) is 4.64. The van der Waals surface area contributed by atoms with Crippen LogP contribution >= 0.6 is 11.8 Å². The van der Waals surface area contributed by atoms with Gasteiger partial charge < -0.3 is 4.79 Å². The van der Waals surface area contributed by atoms with Gasteiger partial charge in [0.15, 0.2) is 6.29 Å². The Kier molecular flexibility index (Phi) is 1.31. The first-order valence-electron chi connectivity index (χ1n) is 1.81. The quantitative estimate of drug-likeness (QED) is 0.482. The van der Waals surface area contributed by atoms with E-state index in [1.54, 1.807) is 5.55 Å². The van der Waals surface area contributed by atoms with Crippen LogP contribution in [0.5, 0.6) is 0 Å². The lowest BCUT2D eigenvalue weighted by molar-refractivity contribution is -0.107. The third-order valence-corrected chi connectivity index (χ3v) is 1.32. The van der Waals surface area contributed by atoms with E-state index in [9.17, 15) is 4.79 Å². The molecule has 1 N–H and O–H groups in total. The molecule has 0 aromatic heterocycles. The summed E-state index contributed by atoms with van der Waals surface area (Å²) < 4.78 is 0. The fraction of sp³-hybridized carbons (Fsp3) is 0.333. The SMILES string of the molecule is O=CC1NN=CS1. The van der Waals surface area contributed by atoms with E-state index < -0.39 is 0 Å². The molecule has 1 atom stereocenters. The smallest absolute Gasteiger partial charge is 0.154 e. The van der Waals surface area contributed by atoms with E-state index >= 15 is 0 Å². The fourth-order valence-electron chi connectivity index (χ4n) is 0.293. The highest BCUT2D eigenvalue weighted by Crippen LogP contribution is 2.05. The second kappa shape index (κ2) is 1.97. The maximum atomic E-state index is 9.84.